The van der Waals surface area contributed by atoms with E-state index < -0.39 is 0 Å². The van der Waals surface area contributed by atoms with Crippen LogP contribution in [0.4, 0.5) is 0 Å². The first kappa shape index (κ1) is 11.7. The van der Waals surface area contributed by atoms with E-state index in [2.05, 4.69) is 41.1 Å². The molecule has 0 radical (unpaired) electrons. The molecule has 0 unspecified atom stereocenters. The molecule has 1 aliphatic rings. The molecular formula is C15H12ClN. The summed E-state index contributed by atoms with van der Waals surface area (Å²) in [5, 5.41) is 0. The normalized spacial score (nSPS) is 11.8. The average Bonchev–Trinajstić information content (AvgIpc) is 2.33. The molecule has 0 bridgehead atoms. The van der Waals surface area contributed by atoms with Gasteiger partial charge in [-0.3, -0.25) is 4.98 Å². The molecule has 0 saturated carbocycles. The van der Waals surface area contributed by atoms with Gasteiger partial charge in [0.1, 0.15) is 0 Å². The number of nitrogens with zero attached hydrogens (tertiary/aromatic N) is 1. The molecule has 2 aromatic rings. The number of aryl methyl sites for hydroxylation is 1. The molecule has 1 aromatic heterocycles. The zero-order valence-corrected chi connectivity index (χ0v) is 10.1. The highest BCUT2D eigenvalue weighted by molar-refractivity contribution is 5.85. The van der Waals surface area contributed by atoms with Crippen LogP contribution in [0, 0.1) is 11.8 Å². The van der Waals surface area contributed by atoms with Gasteiger partial charge in [0.15, 0.2) is 0 Å². The summed E-state index contributed by atoms with van der Waals surface area (Å²) in [6.45, 7) is 0. The van der Waals surface area contributed by atoms with Crippen molar-refractivity contribution in [1.29, 1.82) is 0 Å². The number of benzene rings is 1. The molecule has 2 heteroatoms. The molecule has 0 atom stereocenters. The lowest BCUT2D eigenvalue weighted by Crippen LogP contribution is -1.96. The van der Waals surface area contributed by atoms with E-state index in [0.29, 0.717) is 0 Å². The summed E-state index contributed by atoms with van der Waals surface area (Å²) in [6, 6.07) is 12.4. The van der Waals surface area contributed by atoms with Crippen LogP contribution in [0.1, 0.15) is 17.5 Å². The van der Waals surface area contributed by atoms with Gasteiger partial charge in [-0.1, -0.05) is 36.1 Å². The summed E-state index contributed by atoms with van der Waals surface area (Å²) >= 11 is 0. The molecule has 0 N–H and O–H groups in total. The monoisotopic (exact) mass is 241 g/mol. The van der Waals surface area contributed by atoms with Gasteiger partial charge in [-0.25, -0.2) is 0 Å². The minimum absolute atomic E-state index is 0. The molecule has 84 valence electrons. The molecular weight excluding hydrogens is 230 g/mol. The van der Waals surface area contributed by atoms with Crippen LogP contribution in [-0.2, 0) is 6.42 Å². The Morgan fingerprint density at radius 3 is 2.88 bits per heavy atom. The average molecular weight is 242 g/mol. The van der Waals surface area contributed by atoms with Crippen molar-refractivity contribution in [2.75, 3.05) is 0 Å². The van der Waals surface area contributed by atoms with Gasteiger partial charge in [0.25, 0.3) is 0 Å². The maximum atomic E-state index is 4.46. The smallest absolute Gasteiger partial charge is 0.0861 e. The van der Waals surface area contributed by atoms with Gasteiger partial charge in [-0.15, -0.1) is 12.4 Å². The molecule has 0 aliphatic heterocycles. The molecule has 1 nitrogen and oxygen atoms in total. The van der Waals surface area contributed by atoms with E-state index in [-0.39, 0.29) is 12.4 Å². The fourth-order valence-corrected chi connectivity index (χ4v) is 2.05. The molecule has 17 heavy (non-hydrogen) atoms. The van der Waals surface area contributed by atoms with Crippen molar-refractivity contribution in [3.05, 3.63) is 53.7 Å². The second-order valence-corrected chi connectivity index (χ2v) is 3.86. The van der Waals surface area contributed by atoms with Gasteiger partial charge in [0.2, 0.25) is 0 Å². The van der Waals surface area contributed by atoms with Crippen molar-refractivity contribution in [3.63, 3.8) is 0 Å². The Bertz CT molecular complexity index is 593. The predicted molar refractivity (Wildman–Crippen MR) is 72.1 cm³/mol. The standard InChI is InChI=1S/C15H11N.ClH/c1-2-8-13-9-5-11-16-15(13)14-10-4-3-7-12(14)6-1;/h3-5,7,9-11H,1,6H2;1H. The van der Waals surface area contributed by atoms with E-state index in [1.165, 1.54) is 11.1 Å². The molecule has 1 aliphatic carbocycles. The van der Waals surface area contributed by atoms with Crippen molar-refractivity contribution in [2.24, 2.45) is 0 Å². The summed E-state index contributed by atoms with van der Waals surface area (Å²) in [5.41, 5.74) is 4.63. The van der Waals surface area contributed by atoms with Crippen molar-refractivity contribution in [2.45, 2.75) is 12.8 Å². The first-order valence-corrected chi connectivity index (χ1v) is 5.47. The maximum absolute atomic E-state index is 4.46. The number of hydrogen-bond acceptors (Lipinski definition) is 1. The van der Waals surface area contributed by atoms with E-state index >= 15 is 0 Å². The van der Waals surface area contributed by atoms with Crippen LogP contribution in [0.25, 0.3) is 11.3 Å². The largest absolute Gasteiger partial charge is 0.255 e. The molecule has 1 heterocycles. The van der Waals surface area contributed by atoms with Gasteiger partial charge in [0, 0.05) is 18.2 Å². The summed E-state index contributed by atoms with van der Waals surface area (Å²) in [7, 11) is 0. The van der Waals surface area contributed by atoms with Crippen LogP contribution in [0.5, 0.6) is 0 Å². The van der Waals surface area contributed by atoms with Crippen LogP contribution in [0.15, 0.2) is 42.6 Å². The number of halogens is 1. The van der Waals surface area contributed by atoms with Crippen LogP contribution < -0.4 is 0 Å². The van der Waals surface area contributed by atoms with E-state index in [0.717, 1.165) is 24.1 Å². The zero-order chi connectivity index (χ0) is 10.8. The minimum Gasteiger partial charge on any atom is -0.255 e. The predicted octanol–water partition coefficient (Wildman–Crippen LogP) is 3.47. The Morgan fingerprint density at radius 2 is 1.94 bits per heavy atom. The lowest BCUT2D eigenvalue weighted by atomic mass is 9.96. The van der Waals surface area contributed by atoms with E-state index in [1.807, 2.05) is 18.3 Å². The highest BCUT2D eigenvalue weighted by Gasteiger charge is 2.10. The molecule has 0 fully saturated rings. The van der Waals surface area contributed by atoms with E-state index in [9.17, 15) is 0 Å². The quantitative estimate of drug-likeness (QED) is 0.644. The van der Waals surface area contributed by atoms with Gasteiger partial charge in [-0.05, 0) is 24.1 Å². The summed E-state index contributed by atoms with van der Waals surface area (Å²) in [6.07, 6.45) is 3.77. The van der Waals surface area contributed by atoms with Crippen molar-refractivity contribution >= 4 is 12.4 Å². The van der Waals surface area contributed by atoms with Crippen LogP contribution in [-0.4, -0.2) is 4.98 Å². The maximum Gasteiger partial charge on any atom is 0.0861 e. The minimum atomic E-state index is 0. The number of fused-ring (bicyclic) bond motifs is 3. The van der Waals surface area contributed by atoms with Crippen molar-refractivity contribution in [1.82, 2.24) is 4.98 Å². The Kier molecular flexibility index (Phi) is 3.46. The van der Waals surface area contributed by atoms with Gasteiger partial charge in [-0.2, -0.15) is 0 Å². The Hall–Kier alpha value is -1.78. The van der Waals surface area contributed by atoms with Gasteiger partial charge >= 0.3 is 0 Å². The SMILES string of the molecule is C1#Cc2cccnc2-c2ccccc2CC1.Cl. The third-order valence-corrected chi connectivity index (χ3v) is 2.82. The molecule has 0 saturated heterocycles. The third kappa shape index (κ3) is 2.18. The number of hydrogen-bond donors (Lipinski definition) is 0. The third-order valence-electron chi connectivity index (χ3n) is 2.82. The summed E-state index contributed by atoms with van der Waals surface area (Å²) in [4.78, 5) is 4.46. The number of aromatic nitrogens is 1. The van der Waals surface area contributed by atoms with Crippen molar-refractivity contribution in [3.8, 4) is 23.1 Å². The first-order valence-electron chi connectivity index (χ1n) is 5.47. The number of pyridine rings is 1. The van der Waals surface area contributed by atoms with Gasteiger partial charge < -0.3 is 0 Å². The fraction of sp³-hybridized carbons (Fsp3) is 0.133. The van der Waals surface area contributed by atoms with E-state index in [4.69, 9.17) is 0 Å². The zero-order valence-electron chi connectivity index (χ0n) is 9.31. The second kappa shape index (κ2) is 5.03. The molecule has 0 spiro atoms. The van der Waals surface area contributed by atoms with Crippen LogP contribution in [0.2, 0.25) is 0 Å². The van der Waals surface area contributed by atoms with Crippen molar-refractivity contribution < 1.29 is 0 Å². The highest BCUT2D eigenvalue weighted by Crippen LogP contribution is 2.26. The number of rotatable bonds is 0. The lowest BCUT2D eigenvalue weighted by Gasteiger charge is -2.11. The molecule has 1 aromatic carbocycles. The fourth-order valence-electron chi connectivity index (χ4n) is 2.05. The molecule has 0 amide bonds. The highest BCUT2D eigenvalue weighted by atomic mass is 35.5. The molecule has 3 rings (SSSR count). The topological polar surface area (TPSA) is 12.9 Å². The Morgan fingerprint density at radius 1 is 1.06 bits per heavy atom. The Balaban J connectivity index is 0.00000108. The van der Waals surface area contributed by atoms with Gasteiger partial charge in [0.05, 0.1) is 11.3 Å². The van der Waals surface area contributed by atoms with Crippen LogP contribution >= 0.6 is 12.4 Å². The summed E-state index contributed by atoms with van der Waals surface area (Å²) < 4.78 is 0. The first-order chi connectivity index (χ1) is 7.95. The lowest BCUT2D eigenvalue weighted by molar-refractivity contribution is 1.02. The Labute approximate surface area is 107 Å². The van der Waals surface area contributed by atoms with E-state index in [1.54, 1.807) is 0 Å². The van der Waals surface area contributed by atoms with Crippen LogP contribution in [0.3, 0.4) is 0 Å². The summed E-state index contributed by atoms with van der Waals surface area (Å²) in [5.74, 6) is 6.39. The second-order valence-electron chi connectivity index (χ2n) is 3.86.